The minimum Gasteiger partial charge on any atom is -0.337 e. The van der Waals surface area contributed by atoms with E-state index in [1.807, 2.05) is 17.5 Å². The van der Waals surface area contributed by atoms with E-state index in [0.29, 0.717) is 6.54 Å². The second-order valence-electron chi connectivity index (χ2n) is 7.11. The molecule has 1 aromatic heterocycles. The summed E-state index contributed by atoms with van der Waals surface area (Å²) in [6.07, 6.45) is 0.780. The number of hydrogen-bond donors (Lipinski definition) is 2. The zero-order valence-electron chi connectivity index (χ0n) is 16.3. The van der Waals surface area contributed by atoms with Gasteiger partial charge >= 0.3 is 6.03 Å². The fraction of sp³-hybridized carbons (Fsp3) is 0.429. The molecule has 0 bridgehead atoms. The van der Waals surface area contributed by atoms with Crippen LogP contribution in [0.2, 0.25) is 0 Å². The number of amides is 3. The van der Waals surface area contributed by atoms with Gasteiger partial charge in [0.1, 0.15) is 0 Å². The van der Waals surface area contributed by atoms with Crippen LogP contribution in [0.15, 0.2) is 41.8 Å². The summed E-state index contributed by atoms with van der Waals surface area (Å²) in [6.45, 7) is 7.39. The summed E-state index contributed by atoms with van der Waals surface area (Å²) in [5.41, 5.74) is 2.67. The second kappa shape index (κ2) is 10.4. The molecule has 28 heavy (non-hydrogen) atoms. The van der Waals surface area contributed by atoms with Crippen LogP contribution in [0.4, 0.5) is 4.79 Å². The Bertz CT molecular complexity index is 770. The Labute approximate surface area is 170 Å². The summed E-state index contributed by atoms with van der Waals surface area (Å²) in [4.78, 5) is 29.7. The number of benzene rings is 1. The van der Waals surface area contributed by atoms with Crippen LogP contribution in [-0.4, -0.2) is 61.0 Å². The lowest BCUT2D eigenvalue weighted by Crippen LogP contribution is -2.50. The van der Waals surface area contributed by atoms with E-state index >= 15 is 0 Å². The Morgan fingerprint density at radius 1 is 1.04 bits per heavy atom. The molecule has 0 unspecified atom stereocenters. The van der Waals surface area contributed by atoms with Crippen molar-refractivity contribution in [3.63, 3.8) is 0 Å². The third kappa shape index (κ3) is 6.44. The molecule has 2 aromatic rings. The number of urea groups is 1. The number of piperazine rings is 1. The molecule has 2 N–H and O–H groups in total. The molecule has 3 rings (SSSR count). The first kappa shape index (κ1) is 20.5. The van der Waals surface area contributed by atoms with Gasteiger partial charge in [0.05, 0.1) is 6.54 Å². The third-order valence-corrected chi connectivity index (χ3v) is 5.91. The van der Waals surface area contributed by atoms with Gasteiger partial charge in [-0.3, -0.25) is 19.9 Å². The van der Waals surface area contributed by atoms with Gasteiger partial charge < -0.3 is 5.32 Å². The molecule has 0 spiro atoms. The van der Waals surface area contributed by atoms with Crippen LogP contribution >= 0.6 is 11.3 Å². The summed E-state index contributed by atoms with van der Waals surface area (Å²) in [7, 11) is 0. The predicted molar refractivity (Wildman–Crippen MR) is 112 cm³/mol. The largest absolute Gasteiger partial charge is 0.337 e. The number of rotatable bonds is 7. The Morgan fingerprint density at radius 3 is 2.50 bits per heavy atom. The van der Waals surface area contributed by atoms with Gasteiger partial charge in [-0.25, -0.2) is 4.79 Å². The minimum atomic E-state index is -0.417. The number of carbonyl (C=O) groups excluding carboxylic acids is 2. The van der Waals surface area contributed by atoms with Crippen LogP contribution in [0.5, 0.6) is 0 Å². The molecule has 0 atom stereocenters. The maximum Gasteiger partial charge on any atom is 0.321 e. The van der Waals surface area contributed by atoms with Gasteiger partial charge in [-0.1, -0.05) is 30.3 Å². The van der Waals surface area contributed by atoms with Crippen molar-refractivity contribution in [2.75, 3.05) is 39.3 Å². The molecule has 0 aliphatic carbocycles. The molecule has 6 nitrogen and oxygen atoms in total. The van der Waals surface area contributed by atoms with Crippen molar-refractivity contribution in [1.29, 1.82) is 0 Å². The number of aryl methyl sites for hydroxylation is 1. The molecule has 7 heteroatoms. The van der Waals surface area contributed by atoms with Crippen molar-refractivity contribution in [2.45, 2.75) is 19.9 Å². The fourth-order valence-corrected chi connectivity index (χ4v) is 4.01. The Kier molecular flexibility index (Phi) is 7.59. The highest BCUT2D eigenvalue weighted by molar-refractivity contribution is 7.09. The first-order chi connectivity index (χ1) is 13.6. The molecule has 0 radical (unpaired) electrons. The average molecular weight is 401 g/mol. The molecular formula is C21H28N4O2S. The van der Waals surface area contributed by atoms with Gasteiger partial charge in [0.15, 0.2) is 0 Å². The van der Waals surface area contributed by atoms with Crippen LogP contribution in [-0.2, 0) is 17.8 Å². The van der Waals surface area contributed by atoms with Gasteiger partial charge in [-0.2, -0.15) is 0 Å². The third-order valence-electron chi connectivity index (χ3n) is 4.98. The molecule has 3 amide bonds. The maximum atomic E-state index is 12.1. The Hall–Kier alpha value is -2.22. The van der Waals surface area contributed by atoms with Crippen molar-refractivity contribution in [3.8, 4) is 0 Å². The van der Waals surface area contributed by atoms with Crippen molar-refractivity contribution < 1.29 is 9.59 Å². The van der Waals surface area contributed by atoms with Crippen molar-refractivity contribution in [1.82, 2.24) is 20.4 Å². The number of hydrogen-bond acceptors (Lipinski definition) is 5. The standard InChI is InChI=1S/C21H28N4O2S/c1-17-5-2-3-6-18(17)15-24-10-12-25(13-11-24)16-20(26)23-21(27)22-9-8-19-7-4-14-28-19/h2-7,14H,8-13,15-16H2,1H3,(H2,22,23,26,27). The van der Waals surface area contributed by atoms with E-state index in [9.17, 15) is 9.59 Å². The number of carbonyl (C=O) groups is 2. The summed E-state index contributed by atoms with van der Waals surface area (Å²) >= 11 is 1.66. The SMILES string of the molecule is Cc1ccccc1CN1CCN(CC(=O)NC(=O)NCCc2cccs2)CC1. The Balaban J connectivity index is 1.32. The van der Waals surface area contributed by atoms with Gasteiger partial charge in [0.2, 0.25) is 5.91 Å². The molecule has 1 saturated heterocycles. The molecular weight excluding hydrogens is 372 g/mol. The monoisotopic (exact) mass is 400 g/mol. The zero-order valence-corrected chi connectivity index (χ0v) is 17.1. The molecule has 2 heterocycles. The van der Waals surface area contributed by atoms with Crippen LogP contribution in [0.25, 0.3) is 0 Å². The zero-order chi connectivity index (χ0) is 19.8. The van der Waals surface area contributed by atoms with E-state index in [1.54, 1.807) is 11.3 Å². The van der Waals surface area contributed by atoms with E-state index in [4.69, 9.17) is 0 Å². The number of nitrogens with zero attached hydrogens (tertiary/aromatic N) is 2. The number of imide groups is 1. The lowest BCUT2D eigenvalue weighted by Gasteiger charge is -2.34. The van der Waals surface area contributed by atoms with Crippen LogP contribution in [0.3, 0.4) is 0 Å². The van der Waals surface area contributed by atoms with Gasteiger partial charge in [0, 0.05) is 44.1 Å². The van der Waals surface area contributed by atoms with Crippen LogP contribution in [0.1, 0.15) is 16.0 Å². The number of nitrogens with one attached hydrogen (secondary N) is 2. The fourth-order valence-electron chi connectivity index (χ4n) is 3.30. The molecule has 0 saturated carbocycles. The minimum absolute atomic E-state index is 0.249. The van der Waals surface area contributed by atoms with Crippen molar-refractivity contribution in [2.24, 2.45) is 0 Å². The normalized spacial score (nSPS) is 15.3. The van der Waals surface area contributed by atoms with E-state index in [-0.39, 0.29) is 12.5 Å². The summed E-state index contributed by atoms with van der Waals surface area (Å²) in [6, 6.07) is 12.1. The van der Waals surface area contributed by atoms with Crippen molar-refractivity contribution >= 4 is 23.3 Å². The highest BCUT2D eigenvalue weighted by Gasteiger charge is 2.20. The lowest BCUT2D eigenvalue weighted by molar-refractivity contribution is -0.121. The summed E-state index contributed by atoms with van der Waals surface area (Å²) in [5, 5.41) is 7.18. The van der Waals surface area contributed by atoms with E-state index < -0.39 is 6.03 Å². The quantitative estimate of drug-likeness (QED) is 0.748. The molecule has 1 fully saturated rings. The second-order valence-corrected chi connectivity index (χ2v) is 8.14. The molecule has 1 aliphatic rings. The predicted octanol–water partition coefficient (Wildman–Crippen LogP) is 2.24. The van der Waals surface area contributed by atoms with Gasteiger partial charge in [-0.05, 0) is 35.9 Å². The van der Waals surface area contributed by atoms with Crippen molar-refractivity contribution in [3.05, 3.63) is 57.8 Å². The van der Waals surface area contributed by atoms with E-state index in [0.717, 1.165) is 39.1 Å². The first-order valence-corrected chi connectivity index (χ1v) is 10.6. The van der Waals surface area contributed by atoms with Gasteiger partial charge in [-0.15, -0.1) is 11.3 Å². The number of thiophene rings is 1. The lowest BCUT2D eigenvalue weighted by atomic mass is 10.1. The first-order valence-electron chi connectivity index (χ1n) is 9.69. The average Bonchev–Trinajstić information content (AvgIpc) is 3.18. The Morgan fingerprint density at radius 2 is 1.79 bits per heavy atom. The highest BCUT2D eigenvalue weighted by atomic mass is 32.1. The highest BCUT2D eigenvalue weighted by Crippen LogP contribution is 2.12. The molecule has 150 valence electrons. The summed E-state index contributed by atoms with van der Waals surface area (Å²) < 4.78 is 0. The van der Waals surface area contributed by atoms with E-state index in [1.165, 1.54) is 16.0 Å². The maximum absolute atomic E-state index is 12.1. The molecule has 1 aliphatic heterocycles. The van der Waals surface area contributed by atoms with Gasteiger partial charge in [0.25, 0.3) is 0 Å². The van der Waals surface area contributed by atoms with Crippen LogP contribution < -0.4 is 10.6 Å². The molecule has 1 aromatic carbocycles. The summed E-state index contributed by atoms with van der Waals surface area (Å²) in [5.74, 6) is -0.249. The smallest absolute Gasteiger partial charge is 0.321 e. The van der Waals surface area contributed by atoms with E-state index in [2.05, 4.69) is 51.6 Å². The van der Waals surface area contributed by atoms with Crippen LogP contribution in [0, 0.1) is 6.92 Å². The topological polar surface area (TPSA) is 64.7 Å².